The molecule has 0 heterocycles. The molecule has 1 atom stereocenters. The molecule has 0 aromatic heterocycles. The SMILES string of the molecule is CC(NC(=O)CNC(=O)COc1ccccc1)c1cccc(C(F)(F)F)c1. The Kier molecular flexibility index (Phi) is 6.81. The monoisotopic (exact) mass is 380 g/mol. The summed E-state index contributed by atoms with van der Waals surface area (Å²) in [6.45, 7) is 1.01. The third kappa shape index (κ3) is 6.65. The Balaban J connectivity index is 1.79. The minimum Gasteiger partial charge on any atom is -0.484 e. The van der Waals surface area contributed by atoms with Crippen LogP contribution in [0.5, 0.6) is 5.75 Å². The lowest BCUT2D eigenvalue weighted by atomic mass is 10.0. The molecule has 0 saturated carbocycles. The zero-order valence-corrected chi connectivity index (χ0v) is 14.5. The van der Waals surface area contributed by atoms with Crippen LogP contribution in [0.3, 0.4) is 0 Å². The molecule has 0 aliphatic carbocycles. The van der Waals surface area contributed by atoms with Gasteiger partial charge in [-0.15, -0.1) is 0 Å². The zero-order chi connectivity index (χ0) is 19.9. The van der Waals surface area contributed by atoms with E-state index in [1.807, 2.05) is 6.07 Å². The van der Waals surface area contributed by atoms with Gasteiger partial charge in [0.1, 0.15) is 5.75 Å². The molecule has 2 aromatic carbocycles. The molecule has 5 nitrogen and oxygen atoms in total. The van der Waals surface area contributed by atoms with Gasteiger partial charge >= 0.3 is 6.18 Å². The number of hydrogen-bond acceptors (Lipinski definition) is 3. The van der Waals surface area contributed by atoms with Gasteiger partial charge in [-0.2, -0.15) is 13.2 Å². The molecule has 1 unspecified atom stereocenters. The molecule has 0 spiro atoms. The Morgan fingerprint density at radius 3 is 2.41 bits per heavy atom. The van der Waals surface area contributed by atoms with Gasteiger partial charge in [-0.3, -0.25) is 9.59 Å². The first-order chi connectivity index (χ1) is 12.8. The summed E-state index contributed by atoms with van der Waals surface area (Å²) >= 11 is 0. The summed E-state index contributed by atoms with van der Waals surface area (Å²) in [5.74, 6) is -0.482. The van der Waals surface area contributed by atoms with Gasteiger partial charge in [-0.25, -0.2) is 0 Å². The Bertz CT molecular complexity index is 779. The van der Waals surface area contributed by atoms with Gasteiger partial charge in [0.2, 0.25) is 5.91 Å². The number of rotatable bonds is 7. The van der Waals surface area contributed by atoms with Gasteiger partial charge in [-0.05, 0) is 36.8 Å². The van der Waals surface area contributed by atoms with E-state index in [2.05, 4.69) is 10.6 Å². The first kappa shape index (κ1) is 20.3. The molecular weight excluding hydrogens is 361 g/mol. The van der Waals surface area contributed by atoms with Crippen molar-refractivity contribution in [3.05, 3.63) is 65.7 Å². The van der Waals surface area contributed by atoms with Crippen molar-refractivity contribution in [3.8, 4) is 5.75 Å². The highest BCUT2D eigenvalue weighted by atomic mass is 19.4. The molecule has 27 heavy (non-hydrogen) atoms. The lowest BCUT2D eigenvalue weighted by Crippen LogP contribution is -2.39. The van der Waals surface area contributed by atoms with E-state index in [4.69, 9.17) is 4.74 Å². The van der Waals surface area contributed by atoms with Crippen molar-refractivity contribution in [1.82, 2.24) is 10.6 Å². The largest absolute Gasteiger partial charge is 0.484 e. The van der Waals surface area contributed by atoms with Crippen LogP contribution in [0, 0.1) is 0 Å². The maximum Gasteiger partial charge on any atom is 0.416 e. The van der Waals surface area contributed by atoms with E-state index in [1.165, 1.54) is 12.1 Å². The summed E-state index contributed by atoms with van der Waals surface area (Å²) in [6.07, 6.45) is -4.45. The molecule has 144 valence electrons. The van der Waals surface area contributed by atoms with Crippen molar-refractivity contribution in [1.29, 1.82) is 0 Å². The first-order valence-corrected chi connectivity index (χ1v) is 8.17. The molecule has 8 heteroatoms. The van der Waals surface area contributed by atoms with E-state index in [-0.39, 0.29) is 13.2 Å². The number of amides is 2. The quantitative estimate of drug-likeness (QED) is 0.776. The maximum atomic E-state index is 12.8. The van der Waals surface area contributed by atoms with Crippen molar-refractivity contribution in [2.45, 2.75) is 19.1 Å². The summed E-state index contributed by atoms with van der Waals surface area (Å²) in [5.41, 5.74) is -0.468. The van der Waals surface area contributed by atoms with Crippen molar-refractivity contribution < 1.29 is 27.5 Å². The highest BCUT2D eigenvalue weighted by molar-refractivity contribution is 5.85. The highest BCUT2D eigenvalue weighted by Gasteiger charge is 2.30. The Morgan fingerprint density at radius 2 is 1.74 bits per heavy atom. The number of nitrogens with one attached hydrogen (secondary N) is 2. The lowest BCUT2D eigenvalue weighted by molar-refractivity contribution is -0.137. The van der Waals surface area contributed by atoms with E-state index < -0.39 is 29.6 Å². The van der Waals surface area contributed by atoms with Gasteiger partial charge in [0.05, 0.1) is 18.2 Å². The third-order valence-electron chi connectivity index (χ3n) is 3.65. The summed E-state index contributed by atoms with van der Waals surface area (Å²) in [4.78, 5) is 23.6. The number of halogens is 3. The fourth-order valence-corrected chi connectivity index (χ4v) is 2.26. The van der Waals surface area contributed by atoms with Crippen molar-refractivity contribution >= 4 is 11.8 Å². The second-order valence-electron chi connectivity index (χ2n) is 5.79. The predicted octanol–water partition coefficient (Wildman–Crippen LogP) is 3.08. The zero-order valence-electron chi connectivity index (χ0n) is 14.5. The van der Waals surface area contributed by atoms with Crippen LogP contribution in [-0.4, -0.2) is 25.0 Å². The maximum absolute atomic E-state index is 12.8. The van der Waals surface area contributed by atoms with Crippen LogP contribution in [0.1, 0.15) is 24.1 Å². The van der Waals surface area contributed by atoms with Crippen LogP contribution in [0.4, 0.5) is 13.2 Å². The van der Waals surface area contributed by atoms with Gasteiger partial charge in [-0.1, -0.05) is 30.3 Å². The summed E-state index contributed by atoms with van der Waals surface area (Å²) in [5, 5.41) is 4.93. The number of hydrogen-bond donors (Lipinski definition) is 2. The number of alkyl halides is 3. The van der Waals surface area contributed by atoms with Crippen molar-refractivity contribution in [2.75, 3.05) is 13.2 Å². The molecule has 2 aromatic rings. The smallest absolute Gasteiger partial charge is 0.416 e. The Labute approximate surface area is 154 Å². The summed E-state index contributed by atoms with van der Waals surface area (Å²) in [6, 6.07) is 12.8. The summed E-state index contributed by atoms with van der Waals surface area (Å²) in [7, 11) is 0. The minimum absolute atomic E-state index is 0.250. The van der Waals surface area contributed by atoms with Crippen molar-refractivity contribution in [2.24, 2.45) is 0 Å². The molecule has 2 N–H and O–H groups in total. The fourth-order valence-electron chi connectivity index (χ4n) is 2.26. The second kappa shape index (κ2) is 9.07. The highest BCUT2D eigenvalue weighted by Crippen LogP contribution is 2.30. The molecule has 0 bridgehead atoms. The molecule has 2 amide bonds. The molecule has 0 radical (unpaired) electrons. The number of carbonyl (C=O) groups excluding carboxylic acids is 2. The second-order valence-corrected chi connectivity index (χ2v) is 5.79. The average Bonchev–Trinajstić information content (AvgIpc) is 2.65. The van der Waals surface area contributed by atoms with Crippen LogP contribution < -0.4 is 15.4 Å². The number of para-hydroxylation sites is 1. The van der Waals surface area contributed by atoms with Crippen LogP contribution in [0.2, 0.25) is 0 Å². The van der Waals surface area contributed by atoms with Gasteiger partial charge in [0.15, 0.2) is 6.61 Å². The number of ether oxygens (including phenoxy) is 1. The van der Waals surface area contributed by atoms with Gasteiger partial charge in [0, 0.05) is 0 Å². The van der Waals surface area contributed by atoms with Crippen LogP contribution >= 0.6 is 0 Å². The van der Waals surface area contributed by atoms with Gasteiger partial charge in [0.25, 0.3) is 5.91 Å². The Hall–Kier alpha value is -3.03. The Morgan fingerprint density at radius 1 is 1.04 bits per heavy atom. The third-order valence-corrected chi connectivity index (χ3v) is 3.65. The lowest BCUT2D eigenvalue weighted by Gasteiger charge is -2.16. The minimum atomic E-state index is -4.45. The molecule has 0 aliphatic rings. The first-order valence-electron chi connectivity index (χ1n) is 8.17. The number of benzene rings is 2. The molecular formula is C19H19F3N2O3. The van der Waals surface area contributed by atoms with Crippen LogP contribution in [-0.2, 0) is 15.8 Å². The van der Waals surface area contributed by atoms with E-state index in [1.54, 1.807) is 31.2 Å². The molecule has 0 fully saturated rings. The fraction of sp³-hybridized carbons (Fsp3) is 0.263. The van der Waals surface area contributed by atoms with Crippen molar-refractivity contribution in [3.63, 3.8) is 0 Å². The standard InChI is InChI=1S/C19H19F3N2O3/c1-13(14-6-5-7-15(10-14)19(20,21)22)24-17(25)11-23-18(26)12-27-16-8-3-2-4-9-16/h2-10,13H,11-12H2,1H3,(H,23,26)(H,24,25). The summed E-state index contributed by atoms with van der Waals surface area (Å²) < 4.78 is 43.5. The normalized spacial score (nSPS) is 12.1. The number of carbonyl (C=O) groups is 2. The van der Waals surface area contributed by atoms with E-state index in [0.29, 0.717) is 11.3 Å². The average molecular weight is 380 g/mol. The topological polar surface area (TPSA) is 67.4 Å². The van der Waals surface area contributed by atoms with Crippen LogP contribution in [0.15, 0.2) is 54.6 Å². The molecule has 2 rings (SSSR count). The van der Waals surface area contributed by atoms with Crippen LogP contribution in [0.25, 0.3) is 0 Å². The predicted molar refractivity (Wildman–Crippen MR) is 92.9 cm³/mol. The van der Waals surface area contributed by atoms with E-state index in [9.17, 15) is 22.8 Å². The van der Waals surface area contributed by atoms with E-state index in [0.717, 1.165) is 12.1 Å². The molecule has 0 aliphatic heterocycles. The molecule has 0 saturated heterocycles. The van der Waals surface area contributed by atoms with Gasteiger partial charge < -0.3 is 15.4 Å². The van der Waals surface area contributed by atoms with E-state index >= 15 is 0 Å².